The average Bonchev–Trinajstić information content (AvgIpc) is 3.10. The number of aromatic nitrogens is 4. The van der Waals surface area contributed by atoms with Gasteiger partial charge in [0.15, 0.2) is 0 Å². The first-order chi connectivity index (χ1) is 13.5. The van der Waals surface area contributed by atoms with Gasteiger partial charge in [-0.15, -0.1) is 5.10 Å². The molecule has 1 saturated heterocycles. The highest BCUT2D eigenvalue weighted by Gasteiger charge is 2.28. The van der Waals surface area contributed by atoms with Gasteiger partial charge in [-0.05, 0) is 49.2 Å². The molecule has 9 heteroatoms. The second kappa shape index (κ2) is 7.55. The van der Waals surface area contributed by atoms with Crippen molar-refractivity contribution in [2.75, 3.05) is 13.1 Å². The molecule has 1 aliphatic rings. The van der Waals surface area contributed by atoms with Crippen molar-refractivity contribution >= 4 is 17.5 Å². The van der Waals surface area contributed by atoms with Crippen LogP contribution in [0.25, 0.3) is 5.69 Å². The fraction of sp³-hybridized carbons (Fsp3) is 0.263. The third kappa shape index (κ3) is 3.68. The number of carbonyl (C=O) groups is 1. The van der Waals surface area contributed by atoms with E-state index in [0.717, 1.165) is 12.8 Å². The Hall–Kier alpha value is -3.00. The van der Waals surface area contributed by atoms with E-state index in [2.05, 4.69) is 15.1 Å². The van der Waals surface area contributed by atoms with Gasteiger partial charge in [0.05, 0.1) is 11.3 Å². The number of pyridine rings is 1. The molecule has 0 saturated carbocycles. The summed E-state index contributed by atoms with van der Waals surface area (Å²) in [6, 6.07) is 8.76. The lowest BCUT2D eigenvalue weighted by atomic mass is 9.97. The highest BCUT2D eigenvalue weighted by atomic mass is 35.5. The molecule has 1 atom stereocenters. The van der Waals surface area contributed by atoms with Crippen molar-refractivity contribution in [3.05, 3.63) is 75.4 Å². The molecule has 0 radical (unpaired) electrons. The van der Waals surface area contributed by atoms with Gasteiger partial charge in [0.2, 0.25) is 0 Å². The quantitative estimate of drug-likeness (QED) is 0.684. The molecule has 1 N–H and O–H groups in total. The summed E-state index contributed by atoms with van der Waals surface area (Å²) < 4.78 is 14.3. The standard InChI is InChI=1S/C19H17ClFN5O2/c20-16-8-3-12(10-22-16)18(27)25-9-1-2-13(11-25)17-23-19(28)26(24-17)15-6-4-14(21)5-7-15/h3-8,10,13H,1-2,9,11H2,(H,23,24,28). The van der Waals surface area contributed by atoms with Crippen molar-refractivity contribution in [1.29, 1.82) is 0 Å². The van der Waals surface area contributed by atoms with E-state index < -0.39 is 5.69 Å². The molecule has 3 aromatic rings. The number of H-pyrrole nitrogens is 1. The summed E-state index contributed by atoms with van der Waals surface area (Å²) in [6.07, 6.45) is 3.06. The zero-order chi connectivity index (χ0) is 19.7. The van der Waals surface area contributed by atoms with Gasteiger partial charge >= 0.3 is 5.69 Å². The number of benzene rings is 1. The van der Waals surface area contributed by atoms with Crippen LogP contribution in [0.1, 0.15) is 34.9 Å². The van der Waals surface area contributed by atoms with Crippen molar-refractivity contribution in [1.82, 2.24) is 24.6 Å². The van der Waals surface area contributed by atoms with Gasteiger partial charge in [-0.1, -0.05) is 11.6 Å². The monoisotopic (exact) mass is 401 g/mol. The molecular weight excluding hydrogens is 385 g/mol. The number of nitrogens with zero attached hydrogens (tertiary/aromatic N) is 4. The minimum Gasteiger partial charge on any atom is -0.338 e. The Bertz CT molecular complexity index is 1050. The Morgan fingerprint density at radius 1 is 1.21 bits per heavy atom. The van der Waals surface area contributed by atoms with Gasteiger partial charge in [0.25, 0.3) is 5.91 Å². The summed E-state index contributed by atoms with van der Waals surface area (Å²) >= 11 is 5.78. The highest BCUT2D eigenvalue weighted by molar-refractivity contribution is 6.29. The summed E-state index contributed by atoms with van der Waals surface area (Å²) in [5.41, 5.74) is 0.548. The van der Waals surface area contributed by atoms with Crippen LogP contribution in [-0.2, 0) is 0 Å². The SMILES string of the molecule is O=C(c1ccc(Cl)nc1)N1CCCC(c2nn(-c3ccc(F)cc3)c(=O)[nH]2)C1. The van der Waals surface area contributed by atoms with Crippen LogP contribution in [0.4, 0.5) is 4.39 Å². The van der Waals surface area contributed by atoms with E-state index >= 15 is 0 Å². The maximum atomic E-state index is 13.1. The fourth-order valence-corrected chi connectivity index (χ4v) is 3.46. The minimum absolute atomic E-state index is 0.0904. The molecule has 1 aliphatic heterocycles. The number of nitrogens with one attached hydrogen (secondary N) is 1. The molecule has 1 unspecified atom stereocenters. The smallest absolute Gasteiger partial charge is 0.338 e. The number of rotatable bonds is 3. The lowest BCUT2D eigenvalue weighted by Crippen LogP contribution is -2.39. The van der Waals surface area contributed by atoms with Gasteiger partial charge in [-0.2, -0.15) is 4.68 Å². The van der Waals surface area contributed by atoms with Crippen molar-refractivity contribution in [3.8, 4) is 5.69 Å². The third-order valence-electron chi connectivity index (χ3n) is 4.78. The summed E-state index contributed by atoms with van der Waals surface area (Å²) in [5, 5.41) is 4.70. The van der Waals surface area contributed by atoms with E-state index in [4.69, 9.17) is 11.6 Å². The van der Waals surface area contributed by atoms with Gasteiger partial charge in [-0.3, -0.25) is 9.78 Å². The van der Waals surface area contributed by atoms with Crippen molar-refractivity contribution in [2.24, 2.45) is 0 Å². The Balaban J connectivity index is 1.54. The molecule has 144 valence electrons. The van der Waals surface area contributed by atoms with Crippen LogP contribution in [0.5, 0.6) is 0 Å². The zero-order valence-electron chi connectivity index (χ0n) is 14.8. The molecule has 3 heterocycles. The van der Waals surface area contributed by atoms with Crippen LogP contribution in [0.3, 0.4) is 0 Å². The minimum atomic E-state index is -0.396. The van der Waals surface area contributed by atoms with Crippen LogP contribution >= 0.6 is 11.6 Å². The summed E-state index contributed by atoms with van der Waals surface area (Å²) in [4.78, 5) is 33.5. The van der Waals surface area contributed by atoms with Crippen LogP contribution in [0, 0.1) is 5.82 Å². The van der Waals surface area contributed by atoms with Crippen molar-refractivity contribution in [3.63, 3.8) is 0 Å². The number of hydrogen-bond donors (Lipinski definition) is 1. The maximum Gasteiger partial charge on any atom is 0.348 e. The molecule has 28 heavy (non-hydrogen) atoms. The number of piperidine rings is 1. The van der Waals surface area contributed by atoms with Crippen LogP contribution in [0.15, 0.2) is 47.4 Å². The van der Waals surface area contributed by atoms with Crippen molar-refractivity contribution in [2.45, 2.75) is 18.8 Å². The predicted molar refractivity (Wildman–Crippen MR) is 101 cm³/mol. The second-order valence-electron chi connectivity index (χ2n) is 6.66. The van der Waals surface area contributed by atoms with E-state index in [1.165, 1.54) is 35.1 Å². The number of halogens is 2. The summed E-state index contributed by atoms with van der Waals surface area (Å²) in [7, 11) is 0. The van der Waals surface area contributed by atoms with Crippen molar-refractivity contribution < 1.29 is 9.18 Å². The number of hydrogen-bond acceptors (Lipinski definition) is 4. The van der Waals surface area contributed by atoms with Gasteiger partial charge in [0.1, 0.15) is 16.8 Å². The largest absolute Gasteiger partial charge is 0.348 e. The Kier molecular flexibility index (Phi) is 4.95. The molecule has 1 amide bonds. The van der Waals surface area contributed by atoms with E-state index in [1.807, 2.05) is 0 Å². The Morgan fingerprint density at radius 2 is 2.00 bits per heavy atom. The van der Waals surface area contributed by atoms with Crippen LogP contribution in [-0.4, -0.2) is 43.6 Å². The van der Waals surface area contributed by atoms with E-state index in [1.54, 1.807) is 17.0 Å². The zero-order valence-corrected chi connectivity index (χ0v) is 15.6. The molecule has 2 aromatic heterocycles. The van der Waals surface area contributed by atoms with Gasteiger partial charge in [-0.25, -0.2) is 14.2 Å². The number of aromatic amines is 1. The summed E-state index contributed by atoms with van der Waals surface area (Å²) in [5.74, 6) is -0.0896. The van der Waals surface area contributed by atoms with E-state index in [9.17, 15) is 14.0 Å². The lowest BCUT2D eigenvalue weighted by Gasteiger charge is -2.31. The predicted octanol–water partition coefficient (Wildman–Crippen LogP) is 2.77. The summed E-state index contributed by atoms with van der Waals surface area (Å²) in [6.45, 7) is 1.07. The number of likely N-dealkylation sites (tertiary alicyclic amines) is 1. The van der Waals surface area contributed by atoms with E-state index in [0.29, 0.717) is 35.3 Å². The van der Waals surface area contributed by atoms with Gasteiger partial charge in [0, 0.05) is 25.2 Å². The molecular formula is C19H17ClFN5O2. The highest BCUT2D eigenvalue weighted by Crippen LogP contribution is 2.25. The average molecular weight is 402 g/mol. The first-order valence-electron chi connectivity index (χ1n) is 8.87. The fourth-order valence-electron chi connectivity index (χ4n) is 3.35. The molecule has 7 nitrogen and oxygen atoms in total. The third-order valence-corrected chi connectivity index (χ3v) is 5.00. The molecule has 0 bridgehead atoms. The Labute approximate surface area is 164 Å². The lowest BCUT2D eigenvalue weighted by molar-refractivity contribution is 0.0704. The first-order valence-corrected chi connectivity index (χ1v) is 9.25. The van der Waals surface area contributed by atoms with Crippen LogP contribution in [0.2, 0.25) is 5.15 Å². The molecule has 4 rings (SSSR count). The first kappa shape index (κ1) is 18.4. The normalized spacial score (nSPS) is 16.9. The molecule has 0 aliphatic carbocycles. The number of carbonyl (C=O) groups excluding carboxylic acids is 1. The number of amides is 1. The van der Waals surface area contributed by atoms with Gasteiger partial charge < -0.3 is 4.90 Å². The van der Waals surface area contributed by atoms with Crippen LogP contribution < -0.4 is 5.69 Å². The Morgan fingerprint density at radius 3 is 2.71 bits per heavy atom. The molecule has 1 aromatic carbocycles. The van der Waals surface area contributed by atoms with E-state index in [-0.39, 0.29) is 17.6 Å². The topological polar surface area (TPSA) is 83.9 Å². The second-order valence-corrected chi connectivity index (χ2v) is 7.05. The molecule has 1 fully saturated rings. The molecule has 0 spiro atoms. The maximum absolute atomic E-state index is 13.1.